The zero-order valence-electron chi connectivity index (χ0n) is 20.8. The first kappa shape index (κ1) is 26.3. The molecule has 0 saturated carbocycles. The standard InChI is InChI=1S/C30H32N4O2S/c1-21(29(35)33-18-24-14-8-9-15-26(24)22-10-4-2-5-11-22)36-30-28(32-19-25(31)20-37)17-16-27(34-30)23-12-6-3-7-13-23/h2-17,21,25,32,37H,18-20,31H2,1H3,(H,33,35)/t21-,25?/m1/s1. The number of pyridine rings is 1. The van der Waals surface area contributed by atoms with Crippen LogP contribution in [0.15, 0.2) is 97.1 Å². The lowest BCUT2D eigenvalue weighted by Crippen LogP contribution is -2.36. The van der Waals surface area contributed by atoms with E-state index >= 15 is 0 Å². The van der Waals surface area contributed by atoms with Crippen LogP contribution in [-0.4, -0.2) is 35.3 Å². The molecule has 0 radical (unpaired) electrons. The van der Waals surface area contributed by atoms with E-state index in [1.54, 1.807) is 6.92 Å². The van der Waals surface area contributed by atoms with Gasteiger partial charge in [0.25, 0.3) is 5.91 Å². The molecule has 0 aliphatic carbocycles. The van der Waals surface area contributed by atoms with Crippen molar-refractivity contribution < 1.29 is 9.53 Å². The van der Waals surface area contributed by atoms with Gasteiger partial charge >= 0.3 is 0 Å². The molecule has 37 heavy (non-hydrogen) atoms. The fraction of sp³-hybridized carbons (Fsp3) is 0.200. The lowest BCUT2D eigenvalue weighted by atomic mass is 10.00. The number of amides is 1. The molecule has 7 heteroatoms. The number of thiol groups is 1. The van der Waals surface area contributed by atoms with Crippen LogP contribution in [-0.2, 0) is 11.3 Å². The minimum absolute atomic E-state index is 0.129. The maximum atomic E-state index is 13.0. The zero-order valence-corrected chi connectivity index (χ0v) is 21.7. The van der Waals surface area contributed by atoms with E-state index in [1.807, 2.05) is 78.9 Å². The normalized spacial score (nSPS) is 12.4. The van der Waals surface area contributed by atoms with E-state index in [2.05, 4.69) is 41.5 Å². The van der Waals surface area contributed by atoms with Crippen LogP contribution in [0.25, 0.3) is 22.4 Å². The highest BCUT2D eigenvalue weighted by Crippen LogP contribution is 2.28. The van der Waals surface area contributed by atoms with Gasteiger partial charge in [0, 0.05) is 30.4 Å². The molecule has 0 aliphatic heterocycles. The van der Waals surface area contributed by atoms with E-state index in [1.165, 1.54) is 0 Å². The lowest BCUT2D eigenvalue weighted by Gasteiger charge is -2.19. The van der Waals surface area contributed by atoms with Gasteiger partial charge in [0.2, 0.25) is 5.88 Å². The number of nitrogens with one attached hydrogen (secondary N) is 2. The Hall–Kier alpha value is -3.81. The maximum absolute atomic E-state index is 13.0. The largest absolute Gasteiger partial charge is 0.463 e. The Morgan fingerprint density at radius 1 is 0.919 bits per heavy atom. The van der Waals surface area contributed by atoms with Crippen LogP contribution in [0.3, 0.4) is 0 Å². The molecule has 190 valence electrons. The van der Waals surface area contributed by atoms with Gasteiger partial charge in [-0.25, -0.2) is 4.98 Å². The van der Waals surface area contributed by atoms with Crippen LogP contribution in [0, 0.1) is 0 Å². The quantitative estimate of drug-likeness (QED) is 0.208. The minimum atomic E-state index is -0.762. The highest BCUT2D eigenvalue weighted by molar-refractivity contribution is 7.80. The second kappa shape index (κ2) is 12.9. The van der Waals surface area contributed by atoms with Gasteiger partial charge in [-0.15, -0.1) is 0 Å². The van der Waals surface area contributed by atoms with Gasteiger partial charge in [0.05, 0.1) is 11.4 Å². The Morgan fingerprint density at radius 3 is 2.27 bits per heavy atom. The summed E-state index contributed by atoms with van der Waals surface area (Å²) in [4.78, 5) is 17.7. The molecular formula is C30H32N4O2S. The summed E-state index contributed by atoms with van der Waals surface area (Å²) in [6, 6.07) is 31.7. The fourth-order valence-electron chi connectivity index (χ4n) is 3.86. The molecule has 2 atom stereocenters. The van der Waals surface area contributed by atoms with Crippen LogP contribution in [0.4, 0.5) is 5.69 Å². The number of nitrogens with zero attached hydrogens (tertiary/aromatic N) is 1. The van der Waals surface area contributed by atoms with Crippen LogP contribution >= 0.6 is 12.6 Å². The maximum Gasteiger partial charge on any atom is 0.261 e. The van der Waals surface area contributed by atoms with Gasteiger partial charge in [-0.05, 0) is 35.7 Å². The van der Waals surface area contributed by atoms with Crippen LogP contribution < -0.4 is 21.1 Å². The van der Waals surface area contributed by atoms with Gasteiger partial charge in [0.1, 0.15) is 0 Å². The number of hydrogen-bond acceptors (Lipinski definition) is 6. The number of nitrogens with two attached hydrogens (primary N) is 1. The molecule has 4 aromatic rings. The second-order valence-electron chi connectivity index (χ2n) is 8.74. The molecule has 4 rings (SSSR count). The van der Waals surface area contributed by atoms with E-state index in [9.17, 15) is 4.79 Å². The van der Waals surface area contributed by atoms with E-state index in [-0.39, 0.29) is 11.9 Å². The van der Waals surface area contributed by atoms with Crippen molar-refractivity contribution in [2.45, 2.75) is 25.6 Å². The summed E-state index contributed by atoms with van der Waals surface area (Å²) in [6.07, 6.45) is -0.762. The second-order valence-corrected chi connectivity index (χ2v) is 9.10. The van der Waals surface area contributed by atoms with Crippen molar-refractivity contribution in [2.75, 3.05) is 17.6 Å². The average molecular weight is 513 g/mol. The first-order chi connectivity index (χ1) is 18.0. The molecule has 1 amide bonds. The van der Waals surface area contributed by atoms with E-state index in [4.69, 9.17) is 15.5 Å². The summed E-state index contributed by atoms with van der Waals surface area (Å²) >= 11 is 4.25. The van der Waals surface area contributed by atoms with Crippen molar-refractivity contribution in [1.29, 1.82) is 0 Å². The number of benzene rings is 3. The number of ether oxygens (including phenoxy) is 1. The SMILES string of the molecule is C[C@@H](Oc1nc(-c2ccccc2)ccc1NCC(N)CS)C(=O)NCc1ccccc1-c1ccccc1. The zero-order chi connectivity index (χ0) is 26.0. The molecule has 3 aromatic carbocycles. The highest BCUT2D eigenvalue weighted by Gasteiger charge is 2.19. The van der Waals surface area contributed by atoms with Crippen molar-refractivity contribution in [1.82, 2.24) is 10.3 Å². The van der Waals surface area contributed by atoms with Crippen LogP contribution in [0.5, 0.6) is 5.88 Å². The smallest absolute Gasteiger partial charge is 0.261 e. The number of anilines is 1. The molecule has 0 fully saturated rings. The first-order valence-corrected chi connectivity index (χ1v) is 12.9. The molecule has 0 saturated heterocycles. The van der Waals surface area contributed by atoms with Crippen molar-refractivity contribution in [3.05, 3.63) is 103 Å². The predicted octanol–water partition coefficient (Wildman–Crippen LogP) is 5.17. The first-order valence-electron chi connectivity index (χ1n) is 12.3. The average Bonchev–Trinajstić information content (AvgIpc) is 2.96. The van der Waals surface area contributed by atoms with Gasteiger partial charge in [0.15, 0.2) is 6.10 Å². The fourth-order valence-corrected chi connectivity index (χ4v) is 3.99. The van der Waals surface area contributed by atoms with Crippen LogP contribution in [0.2, 0.25) is 0 Å². The van der Waals surface area contributed by atoms with Crippen LogP contribution in [0.1, 0.15) is 12.5 Å². The molecule has 1 heterocycles. The number of aromatic nitrogens is 1. The highest BCUT2D eigenvalue weighted by atomic mass is 32.1. The van der Waals surface area contributed by atoms with Gasteiger partial charge in [-0.1, -0.05) is 84.9 Å². The number of rotatable bonds is 11. The summed E-state index contributed by atoms with van der Waals surface area (Å²) in [5.41, 5.74) is 11.6. The van der Waals surface area contributed by atoms with Crippen molar-refractivity contribution in [2.24, 2.45) is 5.73 Å². The molecule has 4 N–H and O–H groups in total. The third-order valence-electron chi connectivity index (χ3n) is 5.93. The number of carbonyl (C=O) groups excluding carboxylic acids is 1. The summed E-state index contributed by atoms with van der Waals surface area (Å²) < 4.78 is 6.09. The number of carbonyl (C=O) groups is 1. The molecular weight excluding hydrogens is 480 g/mol. The summed E-state index contributed by atoms with van der Waals surface area (Å²) in [5, 5.41) is 6.29. The number of hydrogen-bond donors (Lipinski definition) is 4. The molecule has 6 nitrogen and oxygen atoms in total. The summed E-state index contributed by atoms with van der Waals surface area (Å²) in [7, 11) is 0. The minimum Gasteiger partial charge on any atom is -0.463 e. The third-order valence-corrected chi connectivity index (χ3v) is 6.40. The molecule has 1 aromatic heterocycles. The Morgan fingerprint density at radius 2 is 1.57 bits per heavy atom. The third kappa shape index (κ3) is 7.12. The van der Waals surface area contributed by atoms with Gasteiger partial charge in [-0.2, -0.15) is 12.6 Å². The van der Waals surface area contributed by atoms with E-state index < -0.39 is 6.10 Å². The molecule has 0 aliphatic rings. The molecule has 0 spiro atoms. The Labute approximate surface area is 223 Å². The van der Waals surface area contributed by atoms with Crippen molar-refractivity contribution in [3.8, 4) is 28.3 Å². The lowest BCUT2D eigenvalue weighted by molar-refractivity contribution is -0.127. The van der Waals surface area contributed by atoms with Gasteiger partial charge in [-0.3, -0.25) is 4.79 Å². The van der Waals surface area contributed by atoms with Crippen molar-refractivity contribution >= 4 is 24.2 Å². The summed E-state index contributed by atoms with van der Waals surface area (Å²) in [6.45, 7) is 2.61. The monoisotopic (exact) mass is 512 g/mol. The van der Waals surface area contributed by atoms with Gasteiger partial charge < -0.3 is 21.1 Å². The van der Waals surface area contributed by atoms with Crippen molar-refractivity contribution in [3.63, 3.8) is 0 Å². The predicted molar refractivity (Wildman–Crippen MR) is 154 cm³/mol. The Kier molecular flexibility index (Phi) is 9.18. The Balaban J connectivity index is 1.48. The molecule has 1 unspecified atom stereocenters. The molecule has 0 bridgehead atoms. The Bertz CT molecular complexity index is 1300. The topological polar surface area (TPSA) is 89.3 Å². The summed E-state index contributed by atoms with van der Waals surface area (Å²) in [5.74, 6) is 0.662. The van der Waals surface area contributed by atoms with E-state index in [0.29, 0.717) is 30.4 Å². The van der Waals surface area contributed by atoms with E-state index in [0.717, 1.165) is 27.9 Å².